The molecule has 0 atom stereocenters. The number of hydrogen-bond donors (Lipinski definition) is 0. The summed E-state index contributed by atoms with van der Waals surface area (Å²) in [5.74, 6) is 0.356. The zero-order valence-corrected chi connectivity index (χ0v) is 14.5. The lowest BCUT2D eigenvalue weighted by molar-refractivity contribution is 0.101. The Morgan fingerprint density at radius 1 is 0.960 bits per heavy atom. The third kappa shape index (κ3) is 2.74. The molecule has 2 heteroatoms. The number of ketones is 1. The molecule has 0 saturated carbocycles. The molecule has 0 amide bonds. The van der Waals surface area contributed by atoms with Crippen LogP contribution in [-0.4, -0.2) is 5.78 Å². The highest BCUT2D eigenvalue weighted by molar-refractivity contribution is 6.14. The summed E-state index contributed by atoms with van der Waals surface area (Å²) in [5.41, 5.74) is 6.01. The van der Waals surface area contributed by atoms with Gasteiger partial charge in [0, 0.05) is 10.9 Å². The summed E-state index contributed by atoms with van der Waals surface area (Å²) in [7, 11) is 0. The van der Waals surface area contributed by atoms with E-state index in [2.05, 4.69) is 13.0 Å². The number of benzene rings is 1. The van der Waals surface area contributed by atoms with Crippen LogP contribution in [0.2, 0.25) is 0 Å². The number of rotatable bonds is 4. The van der Waals surface area contributed by atoms with E-state index in [9.17, 15) is 4.79 Å². The molecule has 0 spiro atoms. The van der Waals surface area contributed by atoms with Crippen LogP contribution in [0.1, 0.15) is 40.6 Å². The summed E-state index contributed by atoms with van der Waals surface area (Å²) in [6.45, 7) is 4.19. The monoisotopic (exact) mass is 328 g/mol. The van der Waals surface area contributed by atoms with Gasteiger partial charge in [0.25, 0.3) is 0 Å². The minimum absolute atomic E-state index is 0.0487. The van der Waals surface area contributed by atoms with Gasteiger partial charge >= 0.3 is 0 Å². The smallest absolute Gasteiger partial charge is 0.228 e. The van der Waals surface area contributed by atoms with Crippen LogP contribution in [-0.2, 0) is 6.42 Å². The van der Waals surface area contributed by atoms with Crippen LogP contribution in [0.5, 0.6) is 0 Å². The zero-order valence-electron chi connectivity index (χ0n) is 14.5. The summed E-state index contributed by atoms with van der Waals surface area (Å²) in [6, 6.07) is 20.0. The van der Waals surface area contributed by atoms with Gasteiger partial charge in [0.1, 0.15) is 5.58 Å². The molecule has 0 radical (unpaired) electrons. The van der Waals surface area contributed by atoms with Gasteiger partial charge in [-0.15, -0.1) is 0 Å². The Kier molecular flexibility index (Phi) is 3.89. The lowest BCUT2D eigenvalue weighted by Gasteiger charge is -2.00. The molecule has 0 unspecified atom stereocenters. The second-order valence-electron chi connectivity index (χ2n) is 6.55. The van der Waals surface area contributed by atoms with Crippen LogP contribution >= 0.6 is 0 Å². The highest BCUT2D eigenvalue weighted by atomic mass is 16.3. The second kappa shape index (κ2) is 6.21. The van der Waals surface area contributed by atoms with E-state index in [0.29, 0.717) is 5.76 Å². The number of carbonyl (C=O) groups excluding carboxylic acids is 1. The lowest BCUT2D eigenvalue weighted by Crippen LogP contribution is -1.98. The third-order valence-electron chi connectivity index (χ3n) is 4.65. The van der Waals surface area contributed by atoms with Gasteiger partial charge < -0.3 is 4.42 Å². The normalized spacial score (nSPS) is 11.3. The molecule has 0 aliphatic heterocycles. The van der Waals surface area contributed by atoms with Gasteiger partial charge in [0.2, 0.25) is 5.78 Å². The number of carbonyl (C=O) groups is 1. The third-order valence-corrected chi connectivity index (χ3v) is 4.65. The van der Waals surface area contributed by atoms with Crippen LogP contribution in [0, 0.1) is 6.92 Å². The fourth-order valence-electron chi connectivity index (χ4n) is 3.46. The maximum Gasteiger partial charge on any atom is 0.228 e. The fourth-order valence-corrected chi connectivity index (χ4v) is 3.46. The topological polar surface area (TPSA) is 30.2 Å². The molecule has 0 N–H and O–H groups in total. The molecular weight excluding hydrogens is 308 g/mol. The van der Waals surface area contributed by atoms with E-state index in [0.717, 1.165) is 46.1 Å². The minimum Gasteiger partial charge on any atom is -0.453 e. The first-order valence-electron chi connectivity index (χ1n) is 8.73. The molecule has 0 bridgehead atoms. The predicted octanol–water partition coefficient (Wildman–Crippen LogP) is 6.03. The van der Waals surface area contributed by atoms with E-state index < -0.39 is 0 Å². The molecular formula is C23H20O2. The first kappa shape index (κ1) is 15.6. The summed E-state index contributed by atoms with van der Waals surface area (Å²) >= 11 is 0. The van der Waals surface area contributed by atoms with Gasteiger partial charge in [-0.2, -0.15) is 0 Å². The first-order valence-corrected chi connectivity index (χ1v) is 8.73. The summed E-state index contributed by atoms with van der Waals surface area (Å²) < 4.78 is 5.83. The summed E-state index contributed by atoms with van der Waals surface area (Å²) in [6.07, 6.45) is 2.02. The molecule has 1 heterocycles. The largest absolute Gasteiger partial charge is 0.453 e. The quantitative estimate of drug-likeness (QED) is 0.428. The van der Waals surface area contributed by atoms with Crippen LogP contribution < -0.4 is 0 Å². The van der Waals surface area contributed by atoms with E-state index in [4.69, 9.17) is 4.42 Å². The predicted molar refractivity (Wildman–Crippen MR) is 101 cm³/mol. The Morgan fingerprint density at radius 2 is 1.76 bits per heavy atom. The molecule has 0 saturated heterocycles. The van der Waals surface area contributed by atoms with Gasteiger partial charge in [-0.25, -0.2) is 0 Å². The van der Waals surface area contributed by atoms with Crippen molar-refractivity contribution in [3.63, 3.8) is 0 Å². The Labute approximate surface area is 147 Å². The number of furan rings is 1. The number of fused-ring (bicyclic) bond motifs is 2. The van der Waals surface area contributed by atoms with Crippen molar-refractivity contribution in [1.82, 2.24) is 0 Å². The van der Waals surface area contributed by atoms with Gasteiger partial charge in [-0.1, -0.05) is 55.3 Å². The van der Waals surface area contributed by atoms with E-state index in [-0.39, 0.29) is 5.78 Å². The fraction of sp³-hybridized carbons (Fsp3) is 0.174. The van der Waals surface area contributed by atoms with Crippen LogP contribution in [0.25, 0.3) is 22.1 Å². The Bertz CT molecular complexity index is 1040. The first-order chi connectivity index (χ1) is 12.2. The molecule has 2 aliphatic rings. The number of aryl methyl sites for hydroxylation is 2. The van der Waals surface area contributed by atoms with Gasteiger partial charge in [0.05, 0.1) is 0 Å². The molecule has 1 aromatic heterocycles. The Hall–Kier alpha value is -2.87. The summed E-state index contributed by atoms with van der Waals surface area (Å²) in [4.78, 5) is 13.1. The van der Waals surface area contributed by atoms with E-state index in [1.807, 2.05) is 61.5 Å². The maximum atomic E-state index is 13.1. The Balaban J connectivity index is 1.84. The molecule has 2 aliphatic carbocycles. The van der Waals surface area contributed by atoms with Crippen LogP contribution in [0.3, 0.4) is 0 Å². The minimum atomic E-state index is -0.0487. The van der Waals surface area contributed by atoms with Crippen molar-refractivity contribution in [2.24, 2.45) is 0 Å². The van der Waals surface area contributed by atoms with Gasteiger partial charge in [-0.3, -0.25) is 4.79 Å². The van der Waals surface area contributed by atoms with E-state index >= 15 is 0 Å². The molecule has 2 nitrogen and oxygen atoms in total. The summed E-state index contributed by atoms with van der Waals surface area (Å²) in [5, 5.41) is 0.971. The molecule has 2 aromatic rings. The average Bonchev–Trinajstić information content (AvgIpc) is 3.07. The standard InChI is InChI=1S/C23H20O2/c1-3-7-16-13-20(19-9-6-4-5-8-18(16)19)23(24)22-14-17-12-15(2)10-11-21(17)25-22/h4-6,8-14H,3,7H2,1-2H3. The molecule has 0 fully saturated rings. The average molecular weight is 328 g/mol. The SMILES string of the molecule is CCCc1cc(C(=O)c2cc3cc(C)ccc3o2)c2cccccc1-2. The molecule has 25 heavy (non-hydrogen) atoms. The van der Waals surface area contributed by atoms with Crippen LogP contribution in [0.15, 0.2) is 65.1 Å². The van der Waals surface area contributed by atoms with Crippen molar-refractivity contribution < 1.29 is 9.21 Å². The van der Waals surface area contributed by atoms with Crippen molar-refractivity contribution in [2.75, 3.05) is 0 Å². The van der Waals surface area contributed by atoms with E-state index in [1.165, 1.54) is 5.56 Å². The van der Waals surface area contributed by atoms with Gasteiger partial charge in [-0.05, 0) is 54.3 Å². The zero-order chi connectivity index (χ0) is 17.4. The van der Waals surface area contributed by atoms with Crippen molar-refractivity contribution in [2.45, 2.75) is 26.7 Å². The molecule has 4 rings (SSSR count). The molecule has 1 aromatic carbocycles. The lowest BCUT2D eigenvalue weighted by atomic mass is 10.0. The van der Waals surface area contributed by atoms with Crippen molar-refractivity contribution in [1.29, 1.82) is 0 Å². The van der Waals surface area contributed by atoms with Crippen molar-refractivity contribution in [3.8, 4) is 11.1 Å². The Morgan fingerprint density at radius 3 is 2.56 bits per heavy atom. The van der Waals surface area contributed by atoms with Crippen molar-refractivity contribution in [3.05, 3.63) is 83.1 Å². The van der Waals surface area contributed by atoms with Gasteiger partial charge in [0.15, 0.2) is 5.76 Å². The highest BCUT2D eigenvalue weighted by Crippen LogP contribution is 2.35. The number of hydrogen-bond acceptors (Lipinski definition) is 2. The van der Waals surface area contributed by atoms with Crippen molar-refractivity contribution >= 4 is 16.8 Å². The highest BCUT2D eigenvalue weighted by Gasteiger charge is 2.23. The van der Waals surface area contributed by atoms with E-state index in [1.54, 1.807) is 0 Å². The molecule has 124 valence electrons. The maximum absolute atomic E-state index is 13.1. The van der Waals surface area contributed by atoms with Crippen LogP contribution in [0.4, 0.5) is 0 Å². The second-order valence-corrected chi connectivity index (χ2v) is 6.55.